The second kappa shape index (κ2) is 8.19. The highest BCUT2D eigenvalue weighted by Crippen LogP contribution is 2.19. The molecule has 4 heterocycles. The van der Waals surface area contributed by atoms with Gasteiger partial charge in [-0.25, -0.2) is 15.0 Å². The van der Waals surface area contributed by atoms with Crippen LogP contribution < -0.4 is 5.32 Å². The lowest BCUT2D eigenvalue weighted by Gasteiger charge is -2.09. The lowest BCUT2D eigenvalue weighted by molar-refractivity contribution is 0.101. The zero-order chi connectivity index (χ0) is 20.2. The molecule has 4 aromatic heterocycles. The van der Waals surface area contributed by atoms with Gasteiger partial charge >= 0.3 is 0 Å². The van der Waals surface area contributed by atoms with Crippen LogP contribution in [0.4, 0.5) is 9.52 Å². The molecule has 1 amide bonds. The number of amides is 1. The fourth-order valence-corrected chi connectivity index (χ4v) is 3.39. The normalized spacial score (nSPS) is 11.2. The van der Waals surface area contributed by atoms with Crippen molar-refractivity contribution >= 4 is 34.5 Å². The highest BCUT2D eigenvalue weighted by atomic mass is 32.1. The fourth-order valence-electron chi connectivity index (χ4n) is 2.72. The number of hydrogen-bond acceptors (Lipinski definition) is 6. The van der Waals surface area contributed by atoms with Crippen LogP contribution >= 0.6 is 11.3 Å². The van der Waals surface area contributed by atoms with Crippen molar-refractivity contribution in [3.8, 4) is 0 Å². The van der Waals surface area contributed by atoms with E-state index >= 15 is 0 Å². The van der Waals surface area contributed by atoms with Gasteiger partial charge in [0, 0.05) is 24.3 Å². The Balaban J connectivity index is 1.44. The molecule has 4 rings (SSSR count). The van der Waals surface area contributed by atoms with E-state index in [1.807, 2.05) is 12.3 Å². The summed E-state index contributed by atoms with van der Waals surface area (Å²) in [7, 11) is 0. The molecule has 0 aromatic carbocycles. The summed E-state index contributed by atoms with van der Waals surface area (Å²) in [6, 6.07) is 6.52. The molecule has 7 nitrogen and oxygen atoms in total. The fraction of sp³-hybridized carbons (Fsp3) is 0.100. The largest absolute Gasteiger partial charge is 0.448 e. The Morgan fingerprint density at radius 1 is 1.34 bits per heavy atom. The molecule has 0 atom stereocenters. The van der Waals surface area contributed by atoms with Crippen LogP contribution in [0.25, 0.3) is 12.2 Å². The van der Waals surface area contributed by atoms with Crippen molar-refractivity contribution in [1.82, 2.24) is 19.5 Å². The van der Waals surface area contributed by atoms with Crippen LogP contribution in [0.1, 0.15) is 33.2 Å². The Hall–Kier alpha value is -3.59. The van der Waals surface area contributed by atoms with Crippen LogP contribution in [-0.2, 0) is 6.54 Å². The SMILES string of the molecule is Cc1ocnc1/C=C/c1csc(NC(=O)c2cccn2Cc2ccnc(F)c2)n1. The number of carbonyl (C=O) groups is 1. The van der Waals surface area contributed by atoms with Crippen molar-refractivity contribution in [3.05, 3.63) is 82.8 Å². The number of rotatable bonds is 6. The quantitative estimate of drug-likeness (QED) is 0.481. The van der Waals surface area contributed by atoms with E-state index in [2.05, 4.69) is 20.3 Å². The van der Waals surface area contributed by atoms with E-state index < -0.39 is 5.95 Å². The molecule has 0 radical (unpaired) electrons. The average molecular weight is 409 g/mol. The number of pyridine rings is 1. The summed E-state index contributed by atoms with van der Waals surface area (Å²) in [6.45, 7) is 2.19. The number of aromatic nitrogens is 4. The van der Waals surface area contributed by atoms with Gasteiger partial charge in [0.25, 0.3) is 5.91 Å². The monoisotopic (exact) mass is 409 g/mol. The molecule has 0 aliphatic carbocycles. The summed E-state index contributed by atoms with van der Waals surface area (Å²) in [6.07, 6.45) is 8.16. The maximum Gasteiger partial charge on any atom is 0.274 e. The van der Waals surface area contributed by atoms with Crippen LogP contribution in [0, 0.1) is 12.9 Å². The predicted molar refractivity (Wildman–Crippen MR) is 108 cm³/mol. The molecule has 0 saturated heterocycles. The van der Waals surface area contributed by atoms with Crippen LogP contribution in [0.15, 0.2) is 52.9 Å². The molecule has 9 heteroatoms. The van der Waals surface area contributed by atoms with Crippen LogP contribution in [0.5, 0.6) is 0 Å². The van der Waals surface area contributed by atoms with Gasteiger partial charge in [-0.15, -0.1) is 11.3 Å². The van der Waals surface area contributed by atoms with Crippen molar-refractivity contribution in [2.45, 2.75) is 13.5 Å². The molecule has 29 heavy (non-hydrogen) atoms. The van der Waals surface area contributed by atoms with E-state index in [0.29, 0.717) is 28.6 Å². The first-order valence-corrected chi connectivity index (χ1v) is 9.57. The third kappa shape index (κ3) is 4.46. The van der Waals surface area contributed by atoms with Gasteiger partial charge in [0.1, 0.15) is 17.1 Å². The Morgan fingerprint density at radius 3 is 3.03 bits per heavy atom. The highest BCUT2D eigenvalue weighted by Gasteiger charge is 2.13. The lowest BCUT2D eigenvalue weighted by Crippen LogP contribution is -2.17. The van der Waals surface area contributed by atoms with Gasteiger partial charge in [-0.3, -0.25) is 10.1 Å². The number of carbonyl (C=O) groups excluding carboxylic acids is 1. The summed E-state index contributed by atoms with van der Waals surface area (Å²) < 4.78 is 20.2. The molecule has 0 spiro atoms. The first-order valence-electron chi connectivity index (χ1n) is 8.69. The maximum atomic E-state index is 13.3. The predicted octanol–water partition coefficient (Wildman–Crippen LogP) is 4.25. The molecule has 0 aliphatic rings. The minimum Gasteiger partial charge on any atom is -0.448 e. The highest BCUT2D eigenvalue weighted by molar-refractivity contribution is 7.14. The number of halogens is 1. The maximum absolute atomic E-state index is 13.3. The Kier molecular flexibility index (Phi) is 5.30. The molecule has 0 fully saturated rings. The molecule has 146 valence electrons. The number of nitrogens with one attached hydrogen (secondary N) is 1. The van der Waals surface area contributed by atoms with Crippen molar-refractivity contribution in [2.24, 2.45) is 0 Å². The summed E-state index contributed by atoms with van der Waals surface area (Å²) in [5.41, 5.74) is 2.60. The first-order chi connectivity index (χ1) is 14.1. The topological polar surface area (TPSA) is 85.8 Å². The summed E-state index contributed by atoms with van der Waals surface area (Å²) in [5, 5.41) is 5.11. The van der Waals surface area contributed by atoms with Gasteiger partial charge in [-0.2, -0.15) is 4.39 Å². The van der Waals surface area contributed by atoms with E-state index in [-0.39, 0.29) is 5.91 Å². The number of hydrogen-bond donors (Lipinski definition) is 1. The van der Waals surface area contributed by atoms with Crippen molar-refractivity contribution < 1.29 is 13.6 Å². The van der Waals surface area contributed by atoms with E-state index in [0.717, 1.165) is 11.5 Å². The molecule has 0 unspecified atom stereocenters. The molecule has 0 bridgehead atoms. The van der Waals surface area contributed by atoms with E-state index in [4.69, 9.17) is 4.42 Å². The Morgan fingerprint density at radius 2 is 2.24 bits per heavy atom. The van der Waals surface area contributed by atoms with Gasteiger partial charge in [0.2, 0.25) is 5.95 Å². The second-order valence-electron chi connectivity index (χ2n) is 6.17. The third-order valence-corrected chi connectivity index (χ3v) is 4.92. The second-order valence-corrected chi connectivity index (χ2v) is 7.03. The third-order valence-electron chi connectivity index (χ3n) is 4.14. The molecular formula is C20H16FN5O2S. The smallest absolute Gasteiger partial charge is 0.274 e. The van der Waals surface area contributed by atoms with Crippen LogP contribution in [-0.4, -0.2) is 25.4 Å². The minimum absolute atomic E-state index is 0.290. The zero-order valence-corrected chi connectivity index (χ0v) is 16.2. The average Bonchev–Trinajstić information content (AvgIpc) is 3.42. The van der Waals surface area contributed by atoms with Gasteiger partial charge in [0.15, 0.2) is 11.5 Å². The van der Waals surface area contributed by atoms with Gasteiger partial charge in [-0.1, -0.05) is 0 Å². The van der Waals surface area contributed by atoms with Crippen molar-refractivity contribution in [2.75, 3.05) is 5.32 Å². The first kappa shape index (κ1) is 18.8. The van der Waals surface area contributed by atoms with Crippen molar-refractivity contribution in [3.63, 3.8) is 0 Å². The summed E-state index contributed by atoms with van der Waals surface area (Å²) >= 11 is 1.32. The summed E-state index contributed by atoms with van der Waals surface area (Å²) in [5.74, 6) is -0.119. The molecular weight excluding hydrogens is 393 g/mol. The van der Waals surface area contributed by atoms with Gasteiger partial charge in [-0.05, 0) is 48.9 Å². The Bertz CT molecular complexity index is 1180. The number of nitrogens with zero attached hydrogens (tertiary/aromatic N) is 4. The number of anilines is 1. The van der Waals surface area contributed by atoms with Gasteiger partial charge < -0.3 is 8.98 Å². The summed E-state index contributed by atoms with van der Waals surface area (Å²) in [4.78, 5) is 24.7. The minimum atomic E-state index is -0.551. The number of oxazole rings is 1. The van der Waals surface area contributed by atoms with Gasteiger partial charge in [0.05, 0.1) is 5.69 Å². The molecule has 0 saturated carbocycles. The molecule has 0 aliphatic heterocycles. The van der Waals surface area contributed by atoms with E-state index in [9.17, 15) is 9.18 Å². The van der Waals surface area contributed by atoms with Crippen LogP contribution in [0.3, 0.4) is 0 Å². The number of thiazole rings is 1. The van der Waals surface area contributed by atoms with E-state index in [1.54, 1.807) is 41.1 Å². The zero-order valence-electron chi connectivity index (χ0n) is 15.4. The Labute approximate surface area is 169 Å². The lowest BCUT2D eigenvalue weighted by atomic mass is 10.2. The standard InChI is InChI=1S/C20H16FN5O2S/c1-13-16(23-12-28-13)5-4-15-11-29-20(24-15)25-19(27)17-3-2-8-26(17)10-14-6-7-22-18(21)9-14/h2-9,11-12H,10H2,1H3,(H,24,25,27)/b5-4+. The molecule has 1 N–H and O–H groups in total. The molecule has 4 aromatic rings. The van der Waals surface area contributed by atoms with E-state index in [1.165, 1.54) is 30.0 Å². The van der Waals surface area contributed by atoms with Crippen LogP contribution in [0.2, 0.25) is 0 Å². The number of aryl methyl sites for hydroxylation is 1. The van der Waals surface area contributed by atoms with Crippen molar-refractivity contribution in [1.29, 1.82) is 0 Å².